The summed E-state index contributed by atoms with van der Waals surface area (Å²) in [4.78, 5) is 57.1. The fourth-order valence-corrected chi connectivity index (χ4v) is 2.93. The van der Waals surface area contributed by atoms with Gasteiger partial charge in [0.2, 0.25) is 11.6 Å². The van der Waals surface area contributed by atoms with Crippen molar-refractivity contribution in [2.75, 3.05) is 13.6 Å². The van der Waals surface area contributed by atoms with E-state index in [4.69, 9.17) is 10.2 Å². The van der Waals surface area contributed by atoms with Gasteiger partial charge in [0.1, 0.15) is 5.54 Å². The summed E-state index contributed by atoms with van der Waals surface area (Å²) in [6, 6.07) is 0. The zero-order valence-electron chi connectivity index (χ0n) is 15.4. The van der Waals surface area contributed by atoms with Gasteiger partial charge in [-0.3, -0.25) is 19.3 Å². The number of likely N-dealkylation sites (N-methyl/N-ethyl adjacent to an activating group) is 1. The van der Waals surface area contributed by atoms with Crippen LogP contribution in [-0.2, 0) is 24.0 Å². The van der Waals surface area contributed by atoms with Crippen LogP contribution in [0.15, 0.2) is 0 Å². The third kappa shape index (κ3) is 7.30. The highest BCUT2D eigenvalue weighted by Crippen LogP contribution is 2.30. The molecule has 0 radical (unpaired) electrons. The Balaban J connectivity index is 5.13. The van der Waals surface area contributed by atoms with Crippen LogP contribution < -0.4 is 0 Å². The van der Waals surface area contributed by atoms with Crippen molar-refractivity contribution >= 4 is 29.5 Å². The number of carboxylic acid groups (broad SMARTS) is 3. The van der Waals surface area contributed by atoms with E-state index >= 15 is 0 Å². The molecule has 1 atom stereocenters. The summed E-state index contributed by atoms with van der Waals surface area (Å²) < 4.78 is 0. The Morgan fingerprint density at radius 2 is 1.35 bits per heavy atom. The van der Waals surface area contributed by atoms with Gasteiger partial charge >= 0.3 is 17.9 Å². The summed E-state index contributed by atoms with van der Waals surface area (Å²) in [5.41, 5.74) is -1.32. The molecule has 0 fully saturated rings. The van der Waals surface area contributed by atoms with Crippen LogP contribution in [0.1, 0.15) is 52.4 Å². The number of hydrogen-bond acceptors (Lipinski definition) is 6. The van der Waals surface area contributed by atoms with E-state index in [1.807, 2.05) is 13.8 Å². The predicted molar refractivity (Wildman–Crippen MR) is 90.8 cm³/mol. The van der Waals surface area contributed by atoms with E-state index in [1.54, 1.807) is 11.9 Å². The molecule has 0 spiro atoms. The first-order valence-electron chi connectivity index (χ1n) is 8.41. The highest BCUT2D eigenvalue weighted by molar-refractivity contribution is 6.32. The lowest BCUT2D eigenvalue weighted by molar-refractivity contribution is -0.153. The SMILES string of the molecule is CC(C)C[C@@](CCCC(=O)C(=O)O)(C(=O)O)N(C)CCCC(=O)C(=O)O. The van der Waals surface area contributed by atoms with Gasteiger partial charge in [-0.25, -0.2) is 9.59 Å². The van der Waals surface area contributed by atoms with Crippen molar-refractivity contribution in [3.05, 3.63) is 0 Å². The standard InChI is InChI=1S/C17H27NO8/c1-11(2)10-17(16(25)26,8-4-6-12(19)14(21)22)18(3)9-5-7-13(20)15(23)24/h11H,4-10H2,1-3H3,(H,21,22)(H,23,24)(H,25,26)/t17-/m0/s1. The zero-order valence-corrected chi connectivity index (χ0v) is 15.4. The van der Waals surface area contributed by atoms with Crippen LogP contribution in [0, 0.1) is 5.92 Å². The summed E-state index contributed by atoms with van der Waals surface area (Å²) >= 11 is 0. The molecule has 148 valence electrons. The van der Waals surface area contributed by atoms with E-state index in [2.05, 4.69) is 0 Å². The molecule has 0 aliphatic rings. The third-order valence-electron chi connectivity index (χ3n) is 4.24. The second kappa shape index (κ2) is 10.6. The van der Waals surface area contributed by atoms with E-state index in [9.17, 15) is 29.1 Å². The molecule has 0 saturated carbocycles. The number of Topliss-reactive ketones (excluding diaryl/α,β-unsaturated/α-hetero) is 2. The lowest BCUT2D eigenvalue weighted by Gasteiger charge is -2.40. The van der Waals surface area contributed by atoms with Crippen molar-refractivity contribution in [3.63, 3.8) is 0 Å². The lowest BCUT2D eigenvalue weighted by atomic mass is 9.82. The molecule has 0 unspecified atom stereocenters. The minimum Gasteiger partial charge on any atom is -0.480 e. The van der Waals surface area contributed by atoms with Gasteiger partial charge in [0.25, 0.3) is 0 Å². The summed E-state index contributed by atoms with van der Waals surface area (Å²) in [5.74, 6) is -6.05. The van der Waals surface area contributed by atoms with E-state index in [-0.39, 0.29) is 51.0 Å². The maximum absolute atomic E-state index is 12.0. The first-order valence-corrected chi connectivity index (χ1v) is 8.41. The number of carbonyl (C=O) groups is 5. The summed E-state index contributed by atoms with van der Waals surface area (Å²) in [5, 5.41) is 27.0. The van der Waals surface area contributed by atoms with Crippen LogP contribution in [0.3, 0.4) is 0 Å². The van der Waals surface area contributed by atoms with Crippen molar-refractivity contribution in [2.45, 2.75) is 57.9 Å². The van der Waals surface area contributed by atoms with Crippen molar-refractivity contribution < 1.29 is 39.3 Å². The van der Waals surface area contributed by atoms with Gasteiger partial charge in [-0.2, -0.15) is 0 Å². The Morgan fingerprint density at radius 1 is 0.885 bits per heavy atom. The van der Waals surface area contributed by atoms with Gasteiger partial charge in [0, 0.05) is 12.8 Å². The van der Waals surface area contributed by atoms with E-state index in [1.165, 1.54) is 0 Å². The number of rotatable bonds is 14. The van der Waals surface area contributed by atoms with Crippen molar-refractivity contribution in [1.82, 2.24) is 4.90 Å². The van der Waals surface area contributed by atoms with Gasteiger partial charge in [0.05, 0.1) is 0 Å². The molecule has 0 saturated heterocycles. The molecular formula is C17H27NO8. The molecule has 9 nitrogen and oxygen atoms in total. The number of ketones is 2. The molecule has 0 aliphatic heterocycles. The Labute approximate surface area is 152 Å². The second-order valence-electron chi connectivity index (χ2n) is 6.77. The molecule has 0 rings (SSSR count). The number of nitrogens with zero attached hydrogens (tertiary/aromatic N) is 1. The maximum atomic E-state index is 12.0. The molecule has 0 amide bonds. The Morgan fingerprint density at radius 3 is 1.73 bits per heavy atom. The Kier molecular flexibility index (Phi) is 9.71. The van der Waals surface area contributed by atoms with E-state index in [0.29, 0.717) is 0 Å². The largest absolute Gasteiger partial charge is 0.480 e. The minimum atomic E-state index is -1.55. The third-order valence-corrected chi connectivity index (χ3v) is 4.24. The van der Waals surface area contributed by atoms with Crippen LogP contribution in [-0.4, -0.2) is 68.8 Å². The monoisotopic (exact) mass is 373 g/mol. The molecule has 26 heavy (non-hydrogen) atoms. The first kappa shape index (κ1) is 23.7. The van der Waals surface area contributed by atoms with Crippen LogP contribution in [0.5, 0.6) is 0 Å². The number of hydrogen-bond donors (Lipinski definition) is 3. The smallest absolute Gasteiger partial charge is 0.372 e. The Hall–Kier alpha value is -2.29. The summed E-state index contributed by atoms with van der Waals surface area (Å²) in [7, 11) is 1.57. The summed E-state index contributed by atoms with van der Waals surface area (Å²) in [6.45, 7) is 3.88. The van der Waals surface area contributed by atoms with Gasteiger partial charge < -0.3 is 15.3 Å². The quantitative estimate of drug-likeness (QED) is 0.380. The average Bonchev–Trinajstić information content (AvgIpc) is 2.52. The van der Waals surface area contributed by atoms with Crippen LogP contribution in [0.4, 0.5) is 0 Å². The lowest BCUT2D eigenvalue weighted by Crippen LogP contribution is -2.54. The first-order chi connectivity index (χ1) is 11.9. The highest BCUT2D eigenvalue weighted by Gasteiger charge is 2.42. The highest BCUT2D eigenvalue weighted by atomic mass is 16.4. The molecular weight excluding hydrogens is 346 g/mol. The topological polar surface area (TPSA) is 149 Å². The number of aliphatic carboxylic acids is 3. The number of carboxylic acids is 3. The van der Waals surface area contributed by atoms with Gasteiger partial charge in [-0.15, -0.1) is 0 Å². The summed E-state index contributed by atoms with van der Waals surface area (Å²) in [6.07, 6.45) is 0.170. The van der Waals surface area contributed by atoms with Gasteiger partial charge in [-0.05, 0) is 45.2 Å². The van der Waals surface area contributed by atoms with E-state index in [0.717, 1.165) is 0 Å². The molecule has 0 aromatic carbocycles. The number of carbonyl (C=O) groups excluding carboxylic acids is 2. The average molecular weight is 373 g/mol. The second-order valence-corrected chi connectivity index (χ2v) is 6.77. The molecule has 0 aromatic heterocycles. The molecule has 3 N–H and O–H groups in total. The molecule has 0 heterocycles. The van der Waals surface area contributed by atoms with Gasteiger partial charge in [0.15, 0.2) is 0 Å². The molecule has 0 aliphatic carbocycles. The Bertz CT molecular complexity index is 557. The minimum absolute atomic E-state index is 0.0179. The molecule has 9 heteroatoms. The zero-order chi connectivity index (χ0) is 20.5. The fraction of sp³-hybridized carbons (Fsp3) is 0.706. The van der Waals surface area contributed by atoms with Crippen molar-refractivity contribution in [1.29, 1.82) is 0 Å². The van der Waals surface area contributed by atoms with Gasteiger partial charge in [-0.1, -0.05) is 13.8 Å². The maximum Gasteiger partial charge on any atom is 0.372 e. The molecule has 0 aromatic rings. The predicted octanol–water partition coefficient (Wildman–Crippen LogP) is 1.05. The van der Waals surface area contributed by atoms with Crippen LogP contribution in [0.2, 0.25) is 0 Å². The van der Waals surface area contributed by atoms with Crippen LogP contribution >= 0.6 is 0 Å². The molecule has 0 bridgehead atoms. The normalized spacial score (nSPS) is 13.4. The van der Waals surface area contributed by atoms with Crippen LogP contribution in [0.25, 0.3) is 0 Å². The van der Waals surface area contributed by atoms with E-state index < -0.39 is 35.0 Å². The fourth-order valence-electron chi connectivity index (χ4n) is 2.93. The van der Waals surface area contributed by atoms with Crippen molar-refractivity contribution in [2.24, 2.45) is 5.92 Å². The van der Waals surface area contributed by atoms with Crippen molar-refractivity contribution in [3.8, 4) is 0 Å².